The molecule has 1 aliphatic heterocycles. The van der Waals surface area contributed by atoms with E-state index in [9.17, 15) is 22.8 Å². The van der Waals surface area contributed by atoms with E-state index in [0.29, 0.717) is 24.8 Å². The largest absolute Gasteiger partial charge is 0.417 e. The lowest BCUT2D eigenvalue weighted by atomic mass is 10.2. The monoisotopic (exact) mass is 454 g/mol. The van der Waals surface area contributed by atoms with Gasteiger partial charge in [0.25, 0.3) is 0 Å². The fourth-order valence-electron chi connectivity index (χ4n) is 2.82. The molecule has 0 bridgehead atoms. The summed E-state index contributed by atoms with van der Waals surface area (Å²) in [6.45, 7) is 2.95. The Bertz CT molecular complexity index is 975. The van der Waals surface area contributed by atoms with Crippen LogP contribution < -0.4 is 15.6 Å². The minimum Gasteiger partial charge on any atom is -0.378 e. The molecule has 11 heteroatoms. The summed E-state index contributed by atoms with van der Waals surface area (Å²) in [7, 11) is 0. The Morgan fingerprint density at radius 2 is 1.74 bits per heavy atom. The summed E-state index contributed by atoms with van der Waals surface area (Å²) in [5.41, 5.74) is 2.40. The normalized spacial score (nSPS) is 14.5. The van der Waals surface area contributed by atoms with Crippen LogP contribution in [-0.4, -0.2) is 44.3 Å². The van der Waals surface area contributed by atoms with Crippen LogP contribution in [0.3, 0.4) is 0 Å². The Morgan fingerprint density at radius 1 is 1.06 bits per heavy atom. The molecule has 31 heavy (non-hydrogen) atoms. The van der Waals surface area contributed by atoms with Gasteiger partial charge in [-0.1, -0.05) is 23.7 Å². The highest BCUT2D eigenvalue weighted by Crippen LogP contribution is 2.36. The summed E-state index contributed by atoms with van der Waals surface area (Å²) in [5.74, 6) is -2.31. The van der Waals surface area contributed by atoms with E-state index >= 15 is 0 Å². The molecule has 1 aliphatic rings. The maximum Gasteiger partial charge on any atom is 0.417 e. The minimum absolute atomic E-state index is 0.223. The van der Waals surface area contributed by atoms with Crippen molar-refractivity contribution in [3.8, 4) is 0 Å². The number of morpholine rings is 1. The Balaban J connectivity index is 1.54. The second-order valence-electron chi connectivity index (χ2n) is 6.54. The first-order valence-corrected chi connectivity index (χ1v) is 9.56. The Morgan fingerprint density at radius 3 is 2.39 bits per heavy atom. The minimum atomic E-state index is -4.69. The Labute approximate surface area is 180 Å². The van der Waals surface area contributed by atoms with Gasteiger partial charge in [-0.05, 0) is 35.9 Å². The second kappa shape index (κ2) is 9.80. The van der Waals surface area contributed by atoms with Crippen molar-refractivity contribution in [1.29, 1.82) is 0 Å². The van der Waals surface area contributed by atoms with Gasteiger partial charge in [-0.3, -0.25) is 9.59 Å². The first-order valence-electron chi connectivity index (χ1n) is 9.18. The fraction of sp³-hybridized carbons (Fsp3) is 0.250. The standard InChI is InChI=1S/C20H18ClF3N4O3/c21-17-6-3-14(11-16(17)20(22,23)24)26-18(29)19(30)27-25-12-13-1-4-15(5-2-13)28-7-9-31-10-8-28/h1-6,11-12H,7-10H2,(H,26,29)(H,27,30). The summed E-state index contributed by atoms with van der Waals surface area (Å²) in [6.07, 6.45) is -3.35. The molecule has 0 unspecified atom stereocenters. The molecule has 2 amide bonds. The SMILES string of the molecule is O=C(NN=Cc1ccc(N2CCOCC2)cc1)C(=O)Nc1ccc(Cl)c(C(F)(F)F)c1. The van der Waals surface area contributed by atoms with Crippen molar-refractivity contribution in [3.05, 3.63) is 58.6 Å². The van der Waals surface area contributed by atoms with Gasteiger partial charge < -0.3 is 15.0 Å². The predicted molar refractivity (Wildman–Crippen MR) is 110 cm³/mol. The number of hydrazone groups is 1. The molecule has 1 fully saturated rings. The van der Waals surface area contributed by atoms with Crippen molar-refractivity contribution < 1.29 is 27.5 Å². The van der Waals surface area contributed by atoms with Crippen molar-refractivity contribution >= 4 is 41.0 Å². The summed E-state index contributed by atoms with van der Waals surface area (Å²) < 4.78 is 43.9. The zero-order valence-electron chi connectivity index (χ0n) is 16.1. The molecule has 2 aromatic rings. The third kappa shape index (κ3) is 6.19. The molecule has 164 valence electrons. The van der Waals surface area contributed by atoms with Crippen molar-refractivity contribution in [2.75, 3.05) is 36.5 Å². The van der Waals surface area contributed by atoms with Crippen LogP contribution in [0, 0.1) is 0 Å². The van der Waals surface area contributed by atoms with E-state index in [1.54, 1.807) is 12.1 Å². The highest BCUT2D eigenvalue weighted by atomic mass is 35.5. The summed E-state index contributed by atoms with van der Waals surface area (Å²) in [6, 6.07) is 10.2. The summed E-state index contributed by atoms with van der Waals surface area (Å²) in [5, 5.41) is 5.26. The average Bonchev–Trinajstić information content (AvgIpc) is 2.75. The number of nitrogens with one attached hydrogen (secondary N) is 2. The van der Waals surface area contributed by atoms with Crippen molar-refractivity contribution in [1.82, 2.24) is 5.43 Å². The number of carbonyl (C=O) groups excluding carboxylic acids is 2. The number of halogens is 4. The number of rotatable bonds is 4. The lowest BCUT2D eigenvalue weighted by molar-refractivity contribution is -0.137. The third-order valence-electron chi connectivity index (χ3n) is 4.38. The van der Waals surface area contributed by atoms with Crippen molar-refractivity contribution in [3.63, 3.8) is 0 Å². The number of nitrogens with zero attached hydrogens (tertiary/aromatic N) is 2. The van der Waals surface area contributed by atoms with E-state index in [1.807, 2.05) is 17.6 Å². The molecular formula is C20H18ClF3N4O3. The molecule has 7 nitrogen and oxygen atoms in total. The molecule has 2 aromatic carbocycles. The fourth-order valence-corrected chi connectivity index (χ4v) is 3.04. The first-order chi connectivity index (χ1) is 14.7. The van der Waals surface area contributed by atoms with Gasteiger partial charge in [0.1, 0.15) is 0 Å². The van der Waals surface area contributed by atoms with Gasteiger partial charge in [0.05, 0.1) is 30.0 Å². The highest BCUT2D eigenvalue weighted by molar-refractivity contribution is 6.39. The summed E-state index contributed by atoms with van der Waals surface area (Å²) in [4.78, 5) is 25.9. The molecule has 3 rings (SSSR count). The molecule has 1 heterocycles. The number of ether oxygens (including phenoxy) is 1. The van der Waals surface area contributed by atoms with E-state index in [4.69, 9.17) is 16.3 Å². The van der Waals surface area contributed by atoms with Gasteiger partial charge in [0, 0.05) is 24.5 Å². The van der Waals surface area contributed by atoms with Crippen LogP contribution in [-0.2, 0) is 20.5 Å². The molecule has 0 saturated carbocycles. The van der Waals surface area contributed by atoms with Gasteiger partial charge in [0.15, 0.2) is 0 Å². The molecule has 0 aliphatic carbocycles. The summed E-state index contributed by atoms with van der Waals surface area (Å²) >= 11 is 5.52. The van der Waals surface area contributed by atoms with Crippen LogP contribution in [0.1, 0.15) is 11.1 Å². The maximum absolute atomic E-state index is 12.9. The molecular weight excluding hydrogens is 437 g/mol. The van der Waals surface area contributed by atoms with Gasteiger partial charge in [-0.2, -0.15) is 18.3 Å². The maximum atomic E-state index is 12.9. The number of anilines is 2. The predicted octanol–water partition coefficient (Wildman–Crippen LogP) is 3.28. The third-order valence-corrected chi connectivity index (χ3v) is 4.71. The molecule has 2 N–H and O–H groups in total. The van der Waals surface area contributed by atoms with E-state index in [2.05, 4.69) is 15.3 Å². The topological polar surface area (TPSA) is 83.0 Å². The van der Waals surface area contributed by atoms with Gasteiger partial charge in [-0.25, -0.2) is 5.43 Å². The second-order valence-corrected chi connectivity index (χ2v) is 6.94. The van der Waals surface area contributed by atoms with E-state index in [1.165, 1.54) is 6.21 Å². The molecule has 0 radical (unpaired) electrons. The lowest BCUT2D eigenvalue weighted by Gasteiger charge is -2.28. The number of alkyl halides is 3. The Hall–Kier alpha value is -3.11. The van der Waals surface area contributed by atoms with Crippen molar-refractivity contribution in [2.45, 2.75) is 6.18 Å². The van der Waals surface area contributed by atoms with Crippen LogP contribution in [0.5, 0.6) is 0 Å². The van der Waals surface area contributed by atoms with Gasteiger partial charge in [0.2, 0.25) is 0 Å². The number of hydrogen-bond acceptors (Lipinski definition) is 5. The smallest absolute Gasteiger partial charge is 0.378 e. The van der Waals surface area contributed by atoms with Gasteiger partial charge >= 0.3 is 18.0 Å². The number of amides is 2. The quantitative estimate of drug-likeness (QED) is 0.422. The average molecular weight is 455 g/mol. The van der Waals surface area contributed by atoms with Crippen LogP contribution >= 0.6 is 11.6 Å². The zero-order chi connectivity index (χ0) is 22.4. The lowest BCUT2D eigenvalue weighted by Crippen LogP contribution is -2.36. The Kier molecular flexibility index (Phi) is 7.13. The number of benzene rings is 2. The van der Waals surface area contributed by atoms with Gasteiger partial charge in [-0.15, -0.1) is 0 Å². The van der Waals surface area contributed by atoms with Crippen molar-refractivity contribution in [2.24, 2.45) is 5.10 Å². The van der Waals surface area contributed by atoms with Crippen LogP contribution in [0.25, 0.3) is 0 Å². The first kappa shape index (κ1) is 22.6. The van der Waals surface area contributed by atoms with E-state index in [-0.39, 0.29) is 5.69 Å². The zero-order valence-corrected chi connectivity index (χ0v) is 16.8. The van der Waals surface area contributed by atoms with E-state index in [0.717, 1.165) is 30.9 Å². The molecule has 1 saturated heterocycles. The highest BCUT2D eigenvalue weighted by Gasteiger charge is 2.33. The number of hydrogen-bond donors (Lipinski definition) is 2. The van der Waals surface area contributed by atoms with Crippen LogP contribution in [0.4, 0.5) is 24.5 Å². The van der Waals surface area contributed by atoms with Crippen LogP contribution in [0.2, 0.25) is 5.02 Å². The molecule has 0 atom stereocenters. The number of carbonyl (C=O) groups is 2. The van der Waals surface area contributed by atoms with Crippen LogP contribution in [0.15, 0.2) is 47.6 Å². The van der Waals surface area contributed by atoms with E-state index < -0.39 is 28.6 Å². The molecule has 0 aromatic heterocycles. The molecule has 0 spiro atoms.